The van der Waals surface area contributed by atoms with Gasteiger partial charge in [0, 0.05) is 6.20 Å². The van der Waals surface area contributed by atoms with E-state index in [1.165, 1.54) is 18.3 Å². The van der Waals surface area contributed by atoms with Crippen molar-refractivity contribution in [1.29, 1.82) is 0 Å². The molecule has 3 N–H and O–H groups in total. The predicted molar refractivity (Wildman–Crippen MR) is 63.2 cm³/mol. The number of rotatable bonds is 4. The molecule has 92 valence electrons. The van der Waals surface area contributed by atoms with E-state index in [1.54, 1.807) is 6.92 Å². The number of aliphatic hydroxyl groups is 1. The molecule has 1 aromatic rings. The van der Waals surface area contributed by atoms with Crippen molar-refractivity contribution in [2.75, 3.05) is 12.4 Å². The van der Waals surface area contributed by atoms with Gasteiger partial charge in [-0.25, -0.2) is 8.42 Å². The van der Waals surface area contributed by atoms with Gasteiger partial charge in [0.1, 0.15) is 0 Å². The lowest BCUT2D eigenvalue weighted by atomic mass is 10.2. The lowest BCUT2D eigenvalue weighted by molar-refractivity contribution is 0.266. The number of nitrogens with zero attached hydrogens (tertiary/aromatic N) is 1. The van der Waals surface area contributed by atoms with Crippen molar-refractivity contribution in [2.45, 2.75) is 17.9 Å². The van der Waals surface area contributed by atoms with Gasteiger partial charge in [0.25, 0.3) is 0 Å². The molecular formula is C9H15ClN2O3S. The lowest BCUT2D eigenvalue weighted by Crippen LogP contribution is -2.16. The molecule has 1 rings (SSSR count). The zero-order chi connectivity index (χ0) is 11.5. The van der Waals surface area contributed by atoms with E-state index in [1.807, 2.05) is 0 Å². The lowest BCUT2D eigenvalue weighted by Gasteiger charge is -2.07. The maximum atomic E-state index is 11.4. The summed E-state index contributed by atoms with van der Waals surface area (Å²) in [6.45, 7) is 1.36. The normalized spacial score (nSPS) is 12.9. The van der Waals surface area contributed by atoms with Crippen LogP contribution in [0.4, 0.5) is 0 Å². The standard InChI is InChI=1S/C9H14N2O3S.ClH/c1-2-15(13,14)7-3-4-9(11-5-7)8(10)6-12;/h3-5,8,12H,2,6,10H2,1H3;1H. The molecule has 5 nitrogen and oxygen atoms in total. The van der Waals surface area contributed by atoms with E-state index in [-0.39, 0.29) is 29.7 Å². The summed E-state index contributed by atoms with van der Waals surface area (Å²) in [7, 11) is -3.21. The fourth-order valence-electron chi connectivity index (χ4n) is 1.06. The summed E-state index contributed by atoms with van der Waals surface area (Å²) in [5.74, 6) is 0.0417. The third kappa shape index (κ3) is 3.41. The molecule has 1 aromatic heterocycles. The third-order valence-corrected chi connectivity index (χ3v) is 3.79. The maximum absolute atomic E-state index is 11.4. The first-order valence-electron chi connectivity index (χ1n) is 4.56. The van der Waals surface area contributed by atoms with E-state index in [9.17, 15) is 8.42 Å². The fourth-order valence-corrected chi connectivity index (χ4v) is 1.88. The average Bonchev–Trinajstić information content (AvgIpc) is 2.28. The molecule has 0 radical (unpaired) electrons. The highest BCUT2D eigenvalue weighted by Gasteiger charge is 2.13. The average molecular weight is 267 g/mol. The molecule has 0 fully saturated rings. The minimum atomic E-state index is -3.21. The van der Waals surface area contributed by atoms with Crippen LogP contribution in [0.5, 0.6) is 0 Å². The Morgan fingerprint density at radius 3 is 2.50 bits per heavy atom. The number of halogens is 1. The Kier molecular flexibility index (Phi) is 5.88. The molecule has 0 aliphatic rings. The van der Waals surface area contributed by atoms with Gasteiger partial charge < -0.3 is 10.8 Å². The van der Waals surface area contributed by atoms with Crippen molar-refractivity contribution in [3.63, 3.8) is 0 Å². The van der Waals surface area contributed by atoms with Gasteiger partial charge in [-0.2, -0.15) is 0 Å². The Morgan fingerprint density at radius 2 is 2.12 bits per heavy atom. The van der Waals surface area contributed by atoms with Crippen LogP contribution in [0.3, 0.4) is 0 Å². The van der Waals surface area contributed by atoms with Crippen LogP contribution in [-0.2, 0) is 9.84 Å². The summed E-state index contributed by atoms with van der Waals surface area (Å²) in [6.07, 6.45) is 1.27. The van der Waals surface area contributed by atoms with Gasteiger partial charge in [-0.1, -0.05) is 6.92 Å². The topological polar surface area (TPSA) is 93.3 Å². The molecule has 0 aliphatic carbocycles. The van der Waals surface area contributed by atoms with Gasteiger partial charge >= 0.3 is 0 Å². The van der Waals surface area contributed by atoms with Gasteiger partial charge in [-0.3, -0.25) is 4.98 Å². The van der Waals surface area contributed by atoms with Crippen molar-refractivity contribution in [3.05, 3.63) is 24.0 Å². The van der Waals surface area contributed by atoms with Crippen LogP contribution in [0.1, 0.15) is 18.7 Å². The molecule has 0 amide bonds. The first kappa shape index (κ1) is 15.3. The number of nitrogens with two attached hydrogens (primary N) is 1. The minimum Gasteiger partial charge on any atom is -0.394 e. The molecule has 0 bridgehead atoms. The first-order chi connectivity index (χ1) is 7.01. The van der Waals surface area contributed by atoms with E-state index in [4.69, 9.17) is 10.8 Å². The molecule has 7 heteroatoms. The SMILES string of the molecule is CCS(=O)(=O)c1ccc(C(N)CO)nc1.Cl. The fraction of sp³-hybridized carbons (Fsp3) is 0.444. The summed E-state index contributed by atoms with van der Waals surface area (Å²) in [4.78, 5) is 4.08. The van der Waals surface area contributed by atoms with E-state index in [0.29, 0.717) is 5.69 Å². The Morgan fingerprint density at radius 1 is 1.50 bits per heavy atom. The Hall–Kier alpha value is -0.690. The smallest absolute Gasteiger partial charge is 0.179 e. The Labute approximate surface area is 101 Å². The Bertz CT molecular complexity index is 419. The molecule has 1 atom stereocenters. The summed E-state index contributed by atoms with van der Waals surface area (Å²) in [6, 6.07) is 2.41. The van der Waals surface area contributed by atoms with Crippen molar-refractivity contribution in [1.82, 2.24) is 4.98 Å². The minimum absolute atomic E-state index is 0. The van der Waals surface area contributed by atoms with Crippen molar-refractivity contribution in [3.8, 4) is 0 Å². The monoisotopic (exact) mass is 266 g/mol. The summed E-state index contributed by atoms with van der Waals surface area (Å²) < 4.78 is 22.9. The highest BCUT2D eigenvalue weighted by Crippen LogP contribution is 2.12. The van der Waals surface area contributed by atoms with Crippen LogP contribution < -0.4 is 5.73 Å². The molecule has 0 aromatic carbocycles. The quantitative estimate of drug-likeness (QED) is 0.817. The molecule has 1 heterocycles. The zero-order valence-corrected chi connectivity index (χ0v) is 10.5. The molecule has 0 aliphatic heterocycles. The van der Waals surface area contributed by atoms with Gasteiger partial charge in [0.2, 0.25) is 0 Å². The van der Waals surface area contributed by atoms with Crippen LogP contribution in [0, 0.1) is 0 Å². The summed E-state index contributed by atoms with van der Waals surface area (Å²) >= 11 is 0. The van der Waals surface area contributed by atoms with Gasteiger partial charge in [-0.05, 0) is 12.1 Å². The molecule has 16 heavy (non-hydrogen) atoms. The highest BCUT2D eigenvalue weighted by molar-refractivity contribution is 7.91. The number of aromatic nitrogens is 1. The number of sulfone groups is 1. The largest absolute Gasteiger partial charge is 0.394 e. The van der Waals surface area contributed by atoms with Crippen LogP contribution in [0.2, 0.25) is 0 Å². The highest BCUT2D eigenvalue weighted by atomic mass is 35.5. The van der Waals surface area contributed by atoms with Gasteiger partial charge in [-0.15, -0.1) is 12.4 Å². The third-order valence-electron chi connectivity index (χ3n) is 2.07. The van der Waals surface area contributed by atoms with Crippen LogP contribution in [-0.4, -0.2) is 30.9 Å². The van der Waals surface area contributed by atoms with E-state index >= 15 is 0 Å². The van der Waals surface area contributed by atoms with Crippen LogP contribution in [0.15, 0.2) is 23.2 Å². The molecule has 0 saturated heterocycles. The Balaban J connectivity index is 0.00000225. The first-order valence-corrected chi connectivity index (χ1v) is 6.21. The van der Waals surface area contributed by atoms with Crippen molar-refractivity contribution >= 4 is 22.2 Å². The second-order valence-electron chi connectivity index (χ2n) is 3.11. The molecule has 0 spiro atoms. The van der Waals surface area contributed by atoms with E-state index < -0.39 is 15.9 Å². The van der Waals surface area contributed by atoms with Gasteiger partial charge in [0.05, 0.1) is 29.0 Å². The number of pyridine rings is 1. The number of aliphatic hydroxyl groups excluding tert-OH is 1. The number of hydrogen-bond donors (Lipinski definition) is 2. The second-order valence-corrected chi connectivity index (χ2v) is 5.39. The maximum Gasteiger partial charge on any atom is 0.179 e. The second kappa shape index (κ2) is 6.15. The van der Waals surface area contributed by atoms with Crippen LogP contribution in [0.25, 0.3) is 0 Å². The van der Waals surface area contributed by atoms with Gasteiger partial charge in [0.15, 0.2) is 9.84 Å². The van der Waals surface area contributed by atoms with E-state index in [2.05, 4.69) is 4.98 Å². The van der Waals surface area contributed by atoms with E-state index in [0.717, 1.165) is 0 Å². The van der Waals surface area contributed by atoms with Crippen LogP contribution >= 0.6 is 12.4 Å². The summed E-state index contributed by atoms with van der Waals surface area (Å²) in [5.41, 5.74) is 6.00. The van der Waals surface area contributed by atoms with Crippen molar-refractivity contribution in [2.24, 2.45) is 5.73 Å². The molecular weight excluding hydrogens is 252 g/mol. The summed E-state index contributed by atoms with van der Waals surface area (Å²) in [5, 5.41) is 8.78. The number of hydrogen-bond acceptors (Lipinski definition) is 5. The zero-order valence-electron chi connectivity index (χ0n) is 8.83. The molecule has 0 saturated carbocycles. The molecule has 1 unspecified atom stereocenters. The predicted octanol–water partition coefficient (Wildman–Crippen LogP) is 0.289. The van der Waals surface area contributed by atoms with Crippen molar-refractivity contribution < 1.29 is 13.5 Å².